The molecule has 4 atom stereocenters. The van der Waals surface area contributed by atoms with E-state index in [-0.39, 0.29) is 37.4 Å². The van der Waals surface area contributed by atoms with Crippen LogP contribution in [0.15, 0.2) is 24.4 Å². The number of hydrogen-bond donors (Lipinski definition) is 4. The molecule has 9 nitrogen and oxygen atoms in total. The average molecular weight is 393 g/mol. The van der Waals surface area contributed by atoms with Crippen LogP contribution in [-0.2, 0) is 4.74 Å². The van der Waals surface area contributed by atoms with Gasteiger partial charge in [0.15, 0.2) is 0 Å². The Balaban J connectivity index is 1.60. The van der Waals surface area contributed by atoms with Gasteiger partial charge in [-0.2, -0.15) is 0 Å². The number of carbonyl (C=O) groups excluding carboxylic acids is 1. The third-order valence-corrected chi connectivity index (χ3v) is 5.23. The van der Waals surface area contributed by atoms with Gasteiger partial charge in [0, 0.05) is 45.0 Å². The fourth-order valence-corrected chi connectivity index (χ4v) is 3.89. The van der Waals surface area contributed by atoms with Crippen LogP contribution < -0.4 is 15.5 Å². The first kappa shape index (κ1) is 20.8. The van der Waals surface area contributed by atoms with Gasteiger partial charge in [-0.15, -0.1) is 0 Å². The second-order valence-corrected chi connectivity index (χ2v) is 7.60. The lowest BCUT2D eigenvalue weighted by atomic mass is 10.0. The van der Waals surface area contributed by atoms with Crippen LogP contribution in [0.2, 0.25) is 0 Å². The number of aromatic nitrogens is 1. The first-order chi connectivity index (χ1) is 13.5. The van der Waals surface area contributed by atoms with E-state index in [2.05, 4.69) is 25.4 Å². The van der Waals surface area contributed by atoms with Crippen molar-refractivity contribution in [2.45, 2.75) is 44.2 Å². The van der Waals surface area contributed by atoms with E-state index in [9.17, 15) is 15.0 Å². The molecule has 3 rings (SSSR count). The van der Waals surface area contributed by atoms with E-state index in [1.165, 1.54) is 0 Å². The summed E-state index contributed by atoms with van der Waals surface area (Å²) in [5, 5.41) is 25.8. The van der Waals surface area contributed by atoms with Crippen molar-refractivity contribution >= 4 is 11.8 Å². The highest BCUT2D eigenvalue weighted by Gasteiger charge is 2.46. The number of carbonyl (C=O) groups is 1. The number of nitrogens with one attached hydrogen (secondary N) is 2. The minimum Gasteiger partial charge on any atom is -0.394 e. The fraction of sp³-hybridized carbons (Fsp3) is 0.684. The van der Waals surface area contributed by atoms with Crippen molar-refractivity contribution in [1.82, 2.24) is 20.5 Å². The Morgan fingerprint density at radius 1 is 1.29 bits per heavy atom. The molecule has 28 heavy (non-hydrogen) atoms. The topological polar surface area (TPSA) is 110 Å². The number of nitrogens with zero attached hydrogens (tertiary/aromatic N) is 3. The first-order valence-electron chi connectivity index (χ1n) is 9.88. The minimum atomic E-state index is -0.800. The van der Waals surface area contributed by atoms with Crippen molar-refractivity contribution in [2.24, 2.45) is 0 Å². The van der Waals surface area contributed by atoms with Gasteiger partial charge in [0.1, 0.15) is 18.0 Å². The summed E-state index contributed by atoms with van der Waals surface area (Å²) in [6.45, 7) is 6.87. The molecule has 0 aliphatic carbocycles. The number of hydrogen-bond acceptors (Lipinski definition) is 7. The molecule has 0 saturated carbocycles. The molecule has 0 radical (unpaired) electrons. The third kappa shape index (κ3) is 4.91. The minimum absolute atomic E-state index is 0.0377. The number of urea groups is 1. The van der Waals surface area contributed by atoms with Crippen molar-refractivity contribution in [2.75, 3.05) is 44.2 Å². The van der Waals surface area contributed by atoms with Gasteiger partial charge in [-0.3, -0.25) is 4.90 Å². The molecule has 9 heteroatoms. The molecule has 2 fully saturated rings. The van der Waals surface area contributed by atoms with Crippen LogP contribution in [0.5, 0.6) is 0 Å². The maximum Gasteiger partial charge on any atom is 0.315 e. The van der Waals surface area contributed by atoms with Gasteiger partial charge in [0.25, 0.3) is 0 Å². The second kappa shape index (κ2) is 9.51. The molecule has 2 saturated heterocycles. The summed E-state index contributed by atoms with van der Waals surface area (Å²) in [5.74, 6) is 0.946. The van der Waals surface area contributed by atoms with Gasteiger partial charge in [-0.25, -0.2) is 9.78 Å². The first-order valence-corrected chi connectivity index (χ1v) is 9.88. The highest BCUT2D eigenvalue weighted by Crippen LogP contribution is 2.27. The quantitative estimate of drug-likeness (QED) is 0.511. The Labute approximate surface area is 165 Å². The summed E-state index contributed by atoms with van der Waals surface area (Å²) < 4.78 is 5.85. The summed E-state index contributed by atoms with van der Waals surface area (Å²) in [5.41, 5.74) is 0. The maximum absolute atomic E-state index is 11.9. The van der Waals surface area contributed by atoms with E-state index in [4.69, 9.17) is 4.74 Å². The maximum atomic E-state index is 11.9. The van der Waals surface area contributed by atoms with Crippen LogP contribution in [0.1, 0.15) is 13.8 Å². The Kier molecular flexibility index (Phi) is 7.06. The number of ether oxygens (including phenoxy) is 1. The van der Waals surface area contributed by atoms with E-state index in [1.54, 1.807) is 6.20 Å². The predicted molar refractivity (Wildman–Crippen MR) is 105 cm³/mol. The molecular weight excluding hydrogens is 362 g/mol. The molecule has 0 bridgehead atoms. The SMILES string of the molecule is CC(C)NC(=O)NCC1OC(CO)C(O)C1N1CCN(c2ccccn2)CC1. The van der Waals surface area contributed by atoms with E-state index < -0.39 is 12.2 Å². The van der Waals surface area contributed by atoms with E-state index in [0.717, 1.165) is 32.0 Å². The molecule has 0 aromatic carbocycles. The molecular formula is C19H31N5O4. The van der Waals surface area contributed by atoms with Crippen molar-refractivity contribution in [3.05, 3.63) is 24.4 Å². The van der Waals surface area contributed by atoms with Crippen molar-refractivity contribution in [3.63, 3.8) is 0 Å². The molecule has 2 aliphatic rings. The molecule has 3 heterocycles. The number of aliphatic hydroxyl groups is 2. The lowest BCUT2D eigenvalue weighted by Gasteiger charge is -2.40. The zero-order valence-electron chi connectivity index (χ0n) is 16.5. The summed E-state index contributed by atoms with van der Waals surface area (Å²) in [7, 11) is 0. The number of pyridine rings is 1. The third-order valence-electron chi connectivity index (χ3n) is 5.23. The molecule has 2 amide bonds. The van der Waals surface area contributed by atoms with Crippen LogP contribution in [0.4, 0.5) is 10.6 Å². The summed E-state index contributed by atoms with van der Waals surface area (Å²) in [6, 6.07) is 5.36. The summed E-state index contributed by atoms with van der Waals surface area (Å²) in [4.78, 5) is 20.7. The number of rotatable bonds is 6. The molecule has 0 spiro atoms. The van der Waals surface area contributed by atoms with E-state index in [1.807, 2.05) is 32.0 Å². The molecule has 1 aromatic heterocycles. The molecule has 4 N–H and O–H groups in total. The molecule has 2 aliphatic heterocycles. The van der Waals surface area contributed by atoms with Gasteiger partial charge in [0.05, 0.1) is 18.8 Å². The number of amides is 2. The van der Waals surface area contributed by atoms with Crippen LogP contribution in [0, 0.1) is 0 Å². The molecule has 1 aromatic rings. The van der Waals surface area contributed by atoms with Gasteiger partial charge < -0.3 is 30.5 Å². The van der Waals surface area contributed by atoms with Gasteiger partial charge in [0.2, 0.25) is 0 Å². The second-order valence-electron chi connectivity index (χ2n) is 7.60. The summed E-state index contributed by atoms with van der Waals surface area (Å²) >= 11 is 0. The number of aliphatic hydroxyl groups excluding tert-OH is 2. The van der Waals surface area contributed by atoms with Gasteiger partial charge >= 0.3 is 6.03 Å². The summed E-state index contributed by atoms with van der Waals surface area (Å²) in [6.07, 6.45) is -0.0388. The monoisotopic (exact) mass is 393 g/mol. The van der Waals surface area contributed by atoms with E-state index >= 15 is 0 Å². The highest BCUT2D eigenvalue weighted by atomic mass is 16.5. The lowest BCUT2D eigenvalue weighted by Crippen LogP contribution is -2.58. The van der Waals surface area contributed by atoms with Crippen LogP contribution in [-0.4, -0.2) is 95.9 Å². The Bertz CT molecular complexity index is 624. The van der Waals surface area contributed by atoms with Gasteiger partial charge in [-0.05, 0) is 26.0 Å². The highest BCUT2D eigenvalue weighted by molar-refractivity contribution is 5.74. The molecule has 4 unspecified atom stereocenters. The van der Waals surface area contributed by atoms with Crippen molar-refractivity contribution in [3.8, 4) is 0 Å². The zero-order valence-corrected chi connectivity index (χ0v) is 16.5. The predicted octanol–water partition coefficient (Wildman–Crippen LogP) is -0.600. The normalized spacial score (nSPS) is 28.5. The Morgan fingerprint density at radius 2 is 2.04 bits per heavy atom. The average Bonchev–Trinajstić information content (AvgIpc) is 3.02. The zero-order chi connectivity index (χ0) is 20.1. The Morgan fingerprint density at radius 3 is 2.64 bits per heavy atom. The number of anilines is 1. The molecule has 156 valence electrons. The lowest BCUT2D eigenvalue weighted by molar-refractivity contribution is -0.0206. The van der Waals surface area contributed by atoms with Crippen molar-refractivity contribution < 1.29 is 19.7 Å². The van der Waals surface area contributed by atoms with Crippen LogP contribution in [0.3, 0.4) is 0 Å². The largest absolute Gasteiger partial charge is 0.394 e. The smallest absolute Gasteiger partial charge is 0.315 e. The van der Waals surface area contributed by atoms with E-state index in [0.29, 0.717) is 0 Å². The number of piperazine rings is 1. The van der Waals surface area contributed by atoms with Crippen LogP contribution in [0.25, 0.3) is 0 Å². The van der Waals surface area contributed by atoms with Crippen LogP contribution >= 0.6 is 0 Å². The van der Waals surface area contributed by atoms with Crippen molar-refractivity contribution in [1.29, 1.82) is 0 Å². The Hall–Kier alpha value is -1.94. The standard InChI is InChI=1S/C19H31N5O4/c1-13(2)22-19(27)21-11-14-17(18(26)15(12-25)28-14)24-9-7-23(8-10-24)16-5-3-4-6-20-16/h3-6,13-15,17-18,25-26H,7-12H2,1-2H3,(H2,21,22,27). The van der Waals surface area contributed by atoms with Gasteiger partial charge in [-0.1, -0.05) is 6.07 Å². The fourth-order valence-electron chi connectivity index (χ4n) is 3.89.